The van der Waals surface area contributed by atoms with Crippen molar-refractivity contribution >= 4 is 0 Å². The average Bonchev–Trinajstić information content (AvgIpc) is 2.47. The van der Waals surface area contributed by atoms with Crippen LogP contribution in [-0.2, 0) is 6.42 Å². The predicted molar refractivity (Wildman–Crippen MR) is 79.6 cm³/mol. The summed E-state index contributed by atoms with van der Waals surface area (Å²) in [7, 11) is 3.40. The zero-order valence-electron chi connectivity index (χ0n) is 12.1. The van der Waals surface area contributed by atoms with Gasteiger partial charge in [-0.15, -0.1) is 0 Å². The van der Waals surface area contributed by atoms with E-state index in [0.717, 1.165) is 0 Å². The van der Waals surface area contributed by atoms with Crippen LogP contribution in [0.15, 0.2) is 42.5 Å². The third kappa shape index (κ3) is 3.17. The second-order valence-corrected chi connectivity index (χ2v) is 4.89. The summed E-state index contributed by atoms with van der Waals surface area (Å²) >= 11 is 0. The van der Waals surface area contributed by atoms with E-state index >= 15 is 0 Å². The summed E-state index contributed by atoms with van der Waals surface area (Å²) in [5.41, 5.74) is 2.97. The van der Waals surface area contributed by atoms with Gasteiger partial charge in [0.25, 0.3) is 0 Å². The lowest BCUT2D eigenvalue weighted by atomic mass is 9.97. The Morgan fingerprint density at radius 1 is 1.15 bits per heavy atom. The Labute approximate surface area is 119 Å². The molecule has 0 amide bonds. The van der Waals surface area contributed by atoms with Crippen molar-refractivity contribution in [3.8, 4) is 5.75 Å². The van der Waals surface area contributed by atoms with Gasteiger partial charge in [0.1, 0.15) is 11.6 Å². The van der Waals surface area contributed by atoms with Crippen LogP contribution in [0, 0.1) is 12.7 Å². The van der Waals surface area contributed by atoms with Gasteiger partial charge in [-0.2, -0.15) is 0 Å². The van der Waals surface area contributed by atoms with Crippen molar-refractivity contribution in [3.63, 3.8) is 0 Å². The number of likely N-dealkylation sites (N-methyl/N-ethyl adjacent to an activating group) is 1. The molecule has 2 rings (SSSR count). The lowest BCUT2D eigenvalue weighted by Gasteiger charge is -2.20. The van der Waals surface area contributed by atoms with Gasteiger partial charge in [-0.1, -0.05) is 35.9 Å². The lowest BCUT2D eigenvalue weighted by Crippen LogP contribution is -2.21. The Balaban J connectivity index is 2.31. The minimum Gasteiger partial charge on any atom is -0.496 e. The molecule has 0 bridgehead atoms. The van der Waals surface area contributed by atoms with Crippen LogP contribution in [0.5, 0.6) is 5.75 Å². The van der Waals surface area contributed by atoms with E-state index in [1.54, 1.807) is 19.2 Å². The minimum absolute atomic E-state index is 0.117. The second kappa shape index (κ2) is 6.53. The maximum absolute atomic E-state index is 14.1. The summed E-state index contributed by atoms with van der Waals surface area (Å²) < 4.78 is 19.4. The number of benzene rings is 2. The Kier molecular flexibility index (Phi) is 4.74. The highest BCUT2D eigenvalue weighted by Crippen LogP contribution is 2.30. The van der Waals surface area contributed by atoms with Gasteiger partial charge in [0.05, 0.1) is 7.11 Å². The van der Waals surface area contributed by atoms with Crippen LogP contribution in [-0.4, -0.2) is 14.2 Å². The molecule has 0 spiro atoms. The quantitative estimate of drug-likeness (QED) is 0.898. The Morgan fingerprint density at radius 2 is 1.85 bits per heavy atom. The molecule has 1 N–H and O–H groups in total. The zero-order valence-corrected chi connectivity index (χ0v) is 12.1. The lowest BCUT2D eigenvalue weighted by molar-refractivity contribution is 0.393. The molecular weight excluding hydrogens is 253 g/mol. The molecule has 3 heteroatoms. The first-order chi connectivity index (χ1) is 9.65. The maximum atomic E-state index is 14.1. The van der Waals surface area contributed by atoms with E-state index in [4.69, 9.17) is 4.74 Å². The molecule has 0 aromatic heterocycles. The topological polar surface area (TPSA) is 21.3 Å². The summed E-state index contributed by atoms with van der Waals surface area (Å²) in [5, 5.41) is 3.18. The van der Waals surface area contributed by atoms with Crippen LogP contribution in [0.25, 0.3) is 0 Å². The molecule has 0 aliphatic rings. The van der Waals surface area contributed by atoms with Crippen LogP contribution in [0.4, 0.5) is 4.39 Å². The van der Waals surface area contributed by atoms with Crippen molar-refractivity contribution in [1.82, 2.24) is 5.32 Å². The molecule has 0 radical (unpaired) electrons. The molecule has 0 fully saturated rings. The van der Waals surface area contributed by atoms with Gasteiger partial charge in [-0.3, -0.25) is 0 Å². The number of ether oxygens (including phenoxy) is 1. The highest BCUT2D eigenvalue weighted by molar-refractivity contribution is 5.38. The smallest absolute Gasteiger partial charge is 0.131 e. The molecule has 2 aromatic carbocycles. The highest BCUT2D eigenvalue weighted by atomic mass is 19.1. The van der Waals surface area contributed by atoms with E-state index in [-0.39, 0.29) is 11.9 Å². The number of methoxy groups -OCH3 is 1. The van der Waals surface area contributed by atoms with Crippen LogP contribution in [0.2, 0.25) is 0 Å². The fourth-order valence-electron chi connectivity index (χ4n) is 2.34. The first-order valence-electron chi connectivity index (χ1n) is 6.71. The van der Waals surface area contributed by atoms with Crippen molar-refractivity contribution in [2.45, 2.75) is 19.4 Å². The van der Waals surface area contributed by atoms with Gasteiger partial charge in [0, 0.05) is 11.6 Å². The Bertz CT molecular complexity index is 566. The first-order valence-corrected chi connectivity index (χ1v) is 6.71. The van der Waals surface area contributed by atoms with E-state index < -0.39 is 0 Å². The number of hydrogen-bond acceptors (Lipinski definition) is 2. The number of hydrogen-bond donors (Lipinski definition) is 1. The molecule has 106 valence electrons. The number of aryl methyl sites for hydroxylation is 1. The zero-order chi connectivity index (χ0) is 14.5. The summed E-state index contributed by atoms with van der Waals surface area (Å²) in [6.45, 7) is 2.05. The Hall–Kier alpha value is -1.87. The van der Waals surface area contributed by atoms with Crippen LogP contribution in [0.3, 0.4) is 0 Å². The fourth-order valence-corrected chi connectivity index (χ4v) is 2.34. The van der Waals surface area contributed by atoms with E-state index in [9.17, 15) is 4.39 Å². The average molecular weight is 273 g/mol. The van der Waals surface area contributed by atoms with E-state index in [1.165, 1.54) is 17.2 Å². The van der Waals surface area contributed by atoms with Gasteiger partial charge < -0.3 is 10.1 Å². The molecule has 0 aliphatic carbocycles. The summed E-state index contributed by atoms with van der Waals surface area (Å²) in [6.07, 6.45) is 0.716. The van der Waals surface area contributed by atoms with E-state index in [1.807, 2.05) is 7.05 Å². The van der Waals surface area contributed by atoms with Gasteiger partial charge >= 0.3 is 0 Å². The minimum atomic E-state index is -0.240. The van der Waals surface area contributed by atoms with Gasteiger partial charge in [-0.05, 0) is 38.1 Å². The molecule has 1 unspecified atom stereocenters. The molecular formula is C17H20FNO. The maximum Gasteiger partial charge on any atom is 0.131 e. The number of nitrogens with one attached hydrogen (secondary N) is 1. The Morgan fingerprint density at radius 3 is 2.45 bits per heavy atom. The van der Waals surface area contributed by atoms with Crippen molar-refractivity contribution in [3.05, 3.63) is 65.0 Å². The molecule has 0 saturated heterocycles. The molecule has 0 aliphatic heterocycles. The van der Waals surface area contributed by atoms with Crippen molar-refractivity contribution < 1.29 is 9.13 Å². The number of halogens is 1. The predicted octanol–water partition coefficient (Wildman–Crippen LogP) is 3.65. The van der Waals surface area contributed by atoms with Crippen LogP contribution in [0.1, 0.15) is 22.7 Å². The number of rotatable bonds is 5. The molecule has 1 atom stereocenters. The van der Waals surface area contributed by atoms with E-state index in [0.29, 0.717) is 17.7 Å². The van der Waals surface area contributed by atoms with Crippen molar-refractivity contribution in [1.29, 1.82) is 0 Å². The monoisotopic (exact) mass is 273 g/mol. The molecule has 0 heterocycles. The molecule has 2 nitrogen and oxygen atoms in total. The van der Waals surface area contributed by atoms with Crippen molar-refractivity contribution in [2.24, 2.45) is 0 Å². The summed E-state index contributed by atoms with van der Waals surface area (Å²) in [4.78, 5) is 0. The third-order valence-corrected chi connectivity index (χ3v) is 3.49. The first kappa shape index (κ1) is 14.5. The molecule has 2 aromatic rings. The van der Waals surface area contributed by atoms with Gasteiger partial charge in [0.15, 0.2) is 0 Å². The van der Waals surface area contributed by atoms with Crippen LogP contribution >= 0.6 is 0 Å². The molecule has 0 saturated carbocycles. The second-order valence-electron chi connectivity index (χ2n) is 4.89. The van der Waals surface area contributed by atoms with Crippen molar-refractivity contribution in [2.75, 3.05) is 14.2 Å². The SMILES string of the molecule is CNC(Cc1ccc(C)cc1)c1c(F)cccc1OC. The standard InChI is InChI=1S/C17H20FNO/c1-12-7-9-13(10-8-12)11-15(19-2)17-14(18)5-4-6-16(17)20-3/h4-10,15,19H,11H2,1-3H3. The molecule has 20 heavy (non-hydrogen) atoms. The fraction of sp³-hybridized carbons (Fsp3) is 0.294. The third-order valence-electron chi connectivity index (χ3n) is 3.49. The van der Waals surface area contributed by atoms with Crippen LogP contribution < -0.4 is 10.1 Å². The largest absolute Gasteiger partial charge is 0.496 e. The summed E-state index contributed by atoms with van der Waals surface area (Å²) in [6, 6.07) is 13.1. The van der Waals surface area contributed by atoms with Gasteiger partial charge in [-0.25, -0.2) is 4.39 Å². The van der Waals surface area contributed by atoms with E-state index in [2.05, 4.69) is 36.5 Å². The highest BCUT2D eigenvalue weighted by Gasteiger charge is 2.19. The summed E-state index contributed by atoms with van der Waals surface area (Å²) in [5.74, 6) is 0.340. The normalized spacial score (nSPS) is 12.2. The van der Waals surface area contributed by atoms with Gasteiger partial charge in [0.2, 0.25) is 0 Å².